The Labute approximate surface area is 112 Å². The van der Waals surface area contributed by atoms with Gasteiger partial charge in [0.05, 0.1) is 0 Å². The topological polar surface area (TPSA) is 58.6 Å². The second kappa shape index (κ2) is 7.09. The van der Waals surface area contributed by atoms with E-state index in [1.54, 1.807) is 6.92 Å². The average molecular weight is 269 g/mol. The van der Waals surface area contributed by atoms with Gasteiger partial charge in [-0.3, -0.25) is 4.79 Å². The molecule has 0 fully saturated rings. The molecule has 5 heteroatoms. The molecule has 106 valence electrons. The molecule has 0 radical (unpaired) electrons. The smallest absolute Gasteiger partial charge is 0.260 e. The third-order valence-electron chi connectivity index (χ3n) is 3.01. The number of hydrogen-bond donors (Lipinski definition) is 2. The first-order valence-electron chi connectivity index (χ1n) is 6.27. The summed E-state index contributed by atoms with van der Waals surface area (Å²) in [6, 6.07) is 5.35. The van der Waals surface area contributed by atoms with E-state index in [1.165, 1.54) is 24.3 Å². The first kappa shape index (κ1) is 15.4. The monoisotopic (exact) mass is 269 g/mol. The quantitative estimate of drug-likeness (QED) is 0.827. The molecule has 0 aliphatic carbocycles. The van der Waals surface area contributed by atoms with Gasteiger partial charge in [-0.2, -0.15) is 0 Å². The standard InChI is InChI=1S/C14H20FNO3/c1-9(8-17)10(2)16-14(18)11(3)19-13-6-4-12(15)5-7-13/h4-7,9-11,17H,8H2,1-3H3,(H,16,18). The first-order valence-corrected chi connectivity index (χ1v) is 6.27. The normalized spacial score (nSPS) is 15.4. The van der Waals surface area contributed by atoms with Crippen molar-refractivity contribution in [1.29, 1.82) is 0 Å². The van der Waals surface area contributed by atoms with Crippen LogP contribution < -0.4 is 10.1 Å². The molecular formula is C14H20FNO3. The number of hydrogen-bond acceptors (Lipinski definition) is 3. The van der Waals surface area contributed by atoms with Crippen LogP contribution >= 0.6 is 0 Å². The molecule has 0 aliphatic heterocycles. The average Bonchev–Trinajstić information content (AvgIpc) is 2.40. The lowest BCUT2D eigenvalue weighted by atomic mass is 10.1. The molecule has 1 aromatic carbocycles. The summed E-state index contributed by atoms with van der Waals surface area (Å²) in [6.45, 7) is 5.30. The zero-order valence-corrected chi connectivity index (χ0v) is 11.4. The fourth-order valence-electron chi connectivity index (χ4n) is 1.41. The van der Waals surface area contributed by atoms with Crippen molar-refractivity contribution in [1.82, 2.24) is 5.32 Å². The van der Waals surface area contributed by atoms with Crippen LogP contribution in [-0.2, 0) is 4.79 Å². The number of rotatable bonds is 6. The van der Waals surface area contributed by atoms with E-state index in [0.29, 0.717) is 5.75 Å². The minimum absolute atomic E-state index is 0.00858. The Morgan fingerprint density at radius 3 is 2.42 bits per heavy atom. The lowest BCUT2D eigenvalue weighted by molar-refractivity contribution is -0.128. The van der Waals surface area contributed by atoms with Gasteiger partial charge in [0.15, 0.2) is 6.10 Å². The summed E-state index contributed by atoms with van der Waals surface area (Å²) in [7, 11) is 0. The number of nitrogens with one attached hydrogen (secondary N) is 1. The van der Waals surface area contributed by atoms with Crippen molar-refractivity contribution in [3.8, 4) is 5.75 Å². The minimum atomic E-state index is -0.682. The third-order valence-corrected chi connectivity index (χ3v) is 3.01. The maximum absolute atomic E-state index is 12.7. The first-order chi connectivity index (χ1) is 8.93. The Bertz CT molecular complexity index is 408. The molecule has 0 spiro atoms. The maximum atomic E-state index is 12.7. The molecule has 0 aliphatic rings. The van der Waals surface area contributed by atoms with Gasteiger partial charge in [0.1, 0.15) is 11.6 Å². The molecule has 0 aromatic heterocycles. The van der Waals surface area contributed by atoms with Gasteiger partial charge in [0.2, 0.25) is 0 Å². The fraction of sp³-hybridized carbons (Fsp3) is 0.500. The van der Waals surface area contributed by atoms with Crippen molar-refractivity contribution in [3.05, 3.63) is 30.1 Å². The number of halogens is 1. The molecule has 1 amide bonds. The Hall–Kier alpha value is -1.62. The van der Waals surface area contributed by atoms with Gasteiger partial charge < -0.3 is 15.2 Å². The highest BCUT2D eigenvalue weighted by molar-refractivity contribution is 5.81. The Morgan fingerprint density at radius 1 is 1.32 bits per heavy atom. The summed E-state index contributed by atoms with van der Waals surface area (Å²) in [5.41, 5.74) is 0. The lowest BCUT2D eigenvalue weighted by Crippen LogP contribution is -2.44. The molecule has 4 nitrogen and oxygen atoms in total. The predicted molar refractivity (Wildman–Crippen MR) is 70.3 cm³/mol. The maximum Gasteiger partial charge on any atom is 0.260 e. The molecular weight excluding hydrogens is 249 g/mol. The largest absolute Gasteiger partial charge is 0.481 e. The molecule has 0 bridgehead atoms. The molecule has 0 heterocycles. The summed E-state index contributed by atoms with van der Waals surface area (Å²) in [6.07, 6.45) is -0.682. The lowest BCUT2D eigenvalue weighted by Gasteiger charge is -2.22. The van der Waals surface area contributed by atoms with Crippen LogP contribution in [0.25, 0.3) is 0 Å². The van der Waals surface area contributed by atoms with Gasteiger partial charge >= 0.3 is 0 Å². The van der Waals surface area contributed by atoms with E-state index in [2.05, 4.69) is 5.32 Å². The minimum Gasteiger partial charge on any atom is -0.481 e. The summed E-state index contributed by atoms with van der Waals surface area (Å²) in [5.74, 6) is -0.208. The van der Waals surface area contributed by atoms with Crippen LogP contribution in [0.15, 0.2) is 24.3 Å². The van der Waals surface area contributed by atoms with Crippen molar-refractivity contribution in [2.75, 3.05) is 6.61 Å². The van der Waals surface area contributed by atoms with Crippen molar-refractivity contribution in [2.24, 2.45) is 5.92 Å². The van der Waals surface area contributed by atoms with Crippen LogP contribution in [0.4, 0.5) is 4.39 Å². The predicted octanol–water partition coefficient (Wildman–Crippen LogP) is 1.73. The molecule has 1 aromatic rings. The second-order valence-electron chi connectivity index (χ2n) is 4.67. The van der Waals surface area contributed by atoms with E-state index in [4.69, 9.17) is 9.84 Å². The Kier molecular flexibility index (Phi) is 5.76. The van der Waals surface area contributed by atoms with E-state index in [1.807, 2.05) is 13.8 Å². The Balaban J connectivity index is 2.51. The number of aliphatic hydroxyl groups excluding tert-OH is 1. The molecule has 1 rings (SSSR count). The summed E-state index contributed by atoms with van der Waals surface area (Å²) < 4.78 is 18.1. The van der Waals surface area contributed by atoms with E-state index in [-0.39, 0.29) is 30.3 Å². The fourth-order valence-corrected chi connectivity index (χ4v) is 1.41. The molecule has 3 unspecified atom stereocenters. The molecule has 2 N–H and O–H groups in total. The highest BCUT2D eigenvalue weighted by atomic mass is 19.1. The van der Waals surface area contributed by atoms with Crippen LogP contribution in [0, 0.1) is 11.7 Å². The van der Waals surface area contributed by atoms with E-state index in [9.17, 15) is 9.18 Å². The van der Waals surface area contributed by atoms with Crippen LogP contribution in [-0.4, -0.2) is 29.8 Å². The zero-order valence-electron chi connectivity index (χ0n) is 11.4. The van der Waals surface area contributed by atoms with Crippen LogP contribution in [0.3, 0.4) is 0 Å². The van der Waals surface area contributed by atoms with E-state index in [0.717, 1.165) is 0 Å². The van der Waals surface area contributed by atoms with Crippen molar-refractivity contribution < 1.29 is 19.0 Å². The highest BCUT2D eigenvalue weighted by Crippen LogP contribution is 2.13. The SMILES string of the molecule is CC(Oc1ccc(F)cc1)C(=O)NC(C)C(C)CO. The van der Waals surface area contributed by atoms with Crippen molar-refractivity contribution in [3.63, 3.8) is 0 Å². The van der Waals surface area contributed by atoms with Gasteiger partial charge in [-0.25, -0.2) is 4.39 Å². The summed E-state index contributed by atoms with van der Waals surface area (Å²) in [5, 5.41) is 11.8. The number of carbonyl (C=O) groups excluding carboxylic acids is 1. The van der Waals surface area contributed by atoms with E-state index < -0.39 is 6.10 Å². The zero-order chi connectivity index (χ0) is 14.4. The van der Waals surface area contributed by atoms with E-state index >= 15 is 0 Å². The van der Waals surface area contributed by atoms with Crippen LogP contribution in [0.2, 0.25) is 0 Å². The summed E-state index contributed by atoms with van der Waals surface area (Å²) in [4.78, 5) is 11.9. The van der Waals surface area contributed by atoms with Crippen LogP contribution in [0.5, 0.6) is 5.75 Å². The number of amides is 1. The molecule has 0 saturated heterocycles. The van der Waals surface area contributed by atoms with Gasteiger partial charge in [0, 0.05) is 12.6 Å². The number of ether oxygens (including phenoxy) is 1. The Morgan fingerprint density at radius 2 is 1.89 bits per heavy atom. The van der Waals surface area contributed by atoms with Crippen molar-refractivity contribution in [2.45, 2.75) is 32.9 Å². The molecule has 3 atom stereocenters. The van der Waals surface area contributed by atoms with Crippen molar-refractivity contribution >= 4 is 5.91 Å². The van der Waals surface area contributed by atoms with Gasteiger partial charge in [-0.05, 0) is 44.0 Å². The van der Waals surface area contributed by atoms with Gasteiger partial charge in [-0.1, -0.05) is 6.92 Å². The summed E-state index contributed by atoms with van der Waals surface area (Å²) >= 11 is 0. The second-order valence-corrected chi connectivity index (χ2v) is 4.67. The van der Waals surface area contributed by atoms with Gasteiger partial charge in [0.25, 0.3) is 5.91 Å². The molecule has 19 heavy (non-hydrogen) atoms. The number of benzene rings is 1. The highest BCUT2D eigenvalue weighted by Gasteiger charge is 2.19. The van der Waals surface area contributed by atoms with Crippen LogP contribution in [0.1, 0.15) is 20.8 Å². The number of aliphatic hydroxyl groups is 1. The molecule has 0 saturated carbocycles. The number of carbonyl (C=O) groups is 1. The third kappa shape index (κ3) is 4.87. The van der Waals surface area contributed by atoms with Gasteiger partial charge in [-0.15, -0.1) is 0 Å².